The number of hydrogen-bond donors (Lipinski definition) is 2. The van der Waals surface area contributed by atoms with Crippen LogP contribution in [0.15, 0.2) is 0 Å². The summed E-state index contributed by atoms with van der Waals surface area (Å²) in [7, 11) is 0. The van der Waals surface area contributed by atoms with Gasteiger partial charge in [0.05, 0.1) is 17.7 Å². The summed E-state index contributed by atoms with van der Waals surface area (Å²) in [5.74, 6) is 6.99. The molecule has 3 saturated heterocycles. The Kier molecular flexibility index (Phi) is 4.62. The van der Waals surface area contributed by atoms with Crippen LogP contribution in [0, 0.1) is 11.8 Å². The van der Waals surface area contributed by atoms with Crippen LogP contribution >= 0.6 is 0 Å². The van der Waals surface area contributed by atoms with E-state index < -0.39 is 0 Å². The fraction of sp³-hybridized carbons (Fsp3) is 1.00. The summed E-state index contributed by atoms with van der Waals surface area (Å²) in [4.78, 5) is 0. The molecule has 4 atom stereocenters. The molecule has 0 aromatic carbocycles. The van der Waals surface area contributed by atoms with Gasteiger partial charge in [0.1, 0.15) is 0 Å². The number of ether oxygens (including phenoxy) is 3. The Labute approximate surface area is 121 Å². The molecule has 0 radical (unpaired) electrons. The second-order valence-corrected chi connectivity index (χ2v) is 6.69. The molecule has 3 fully saturated rings. The smallest absolute Gasteiger partial charge is 0.0770 e. The van der Waals surface area contributed by atoms with E-state index in [2.05, 4.69) is 12.3 Å². The van der Waals surface area contributed by atoms with Crippen LogP contribution in [0.5, 0.6) is 0 Å². The molecule has 3 aliphatic rings. The van der Waals surface area contributed by atoms with Crippen molar-refractivity contribution >= 4 is 0 Å². The van der Waals surface area contributed by atoms with E-state index in [1.165, 1.54) is 0 Å². The summed E-state index contributed by atoms with van der Waals surface area (Å²) in [6, 6.07) is 0.246. The first-order chi connectivity index (χ1) is 9.74. The van der Waals surface area contributed by atoms with Crippen LogP contribution in [0.1, 0.15) is 39.0 Å². The Balaban J connectivity index is 1.68. The van der Waals surface area contributed by atoms with E-state index in [9.17, 15) is 0 Å². The molecule has 0 bridgehead atoms. The second kappa shape index (κ2) is 6.28. The molecule has 5 nitrogen and oxygen atoms in total. The highest BCUT2D eigenvalue weighted by atomic mass is 16.5. The molecular weight excluding hydrogens is 256 g/mol. The summed E-state index contributed by atoms with van der Waals surface area (Å²) in [5, 5.41) is 0. The zero-order valence-electron chi connectivity index (χ0n) is 12.5. The van der Waals surface area contributed by atoms with Gasteiger partial charge < -0.3 is 14.2 Å². The Morgan fingerprint density at radius 2 is 1.95 bits per heavy atom. The van der Waals surface area contributed by atoms with Crippen LogP contribution in [0.4, 0.5) is 0 Å². The van der Waals surface area contributed by atoms with Crippen LogP contribution < -0.4 is 11.3 Å². The average molecular weight is 284 g/mol. The number of nitrogens with two attached hydrogens (primary N) is 1. The Morgan fingerprint density at radius 3 is 2.60 bits per heavy atom. The van der Waals surface area contributed by atoms with Gasteiger partial charge in [-0.25, -0.2) is 0 Å². The lowest BCUT2D eigenvalue weighted by atomic mass is 9.75. The topological polar surface area (TPSA) is 65.7 Å². The van der Waals surface area contributed by atoms with Crippen molar-refractivity contribution in [2.45, 2.75) is 56.8 Å². The van der Waals surface area contributed by atoms with Crippen molar-refractivity contribution in [1.82, 2.24) is 5.43 Å². The molecule has 3 heterocycles. The van der Waals surface area contributed by atoms with Crippen molar-refractivity contribution in [2.24, 2.45) is 17.7 Å². The molecule has 0 amide bonds. The van der Waals surface area contributed by atoms with Crippen LogP contribution in [0.2, 0.25) is 0 Å². The third kappa shape index (κ3) is 2.88. The molecule has 0 aromatic rings. The van der Waals surface area contributed by atoms with Gasteiger partial charge in [-0.05, 0) is 43.9 Å². The quantitative estimate of drug-likeness (QED) is 0.602. The van der Waals surface area contributed by atoms with Gasteiger partial charge in [0.15, 0.2) is 0 Å². The Bertz CT molecular complexity index is 315. The third-order valence-electron chi connectivity index (χ3n) is 5.43. The SMILES string of the molecule is CC1CCOC1C(NN)C1CCOC2(CCOCC2)C1. The minimum atomic E-state index is 0.0259. The Morgan fingerprint density at radius 1 is 1.15 bits per heavy atom. The van der Waals surface area contributed by atoms with Gasteiger partial charge in [-0.3, -0.25) is 11.3 Å². The highest BCUT2D eigenvalue weighted by molar-refractivity contribution is 4.96. The Hall–Kier alpha value is -0.200. The molecule has 0 saturated carbocycles. The first-order valence-corrected chi connectivity index (χ1v) is 8.03. The number of hydrogen-bond acceptors (Lipinski definition) is 5. The fourth-order valence-electron chi connectivity index (χ4n) is 4.14. The lowest BCUT2D eigenvalue weighted by Gasteiger charge is -2.46. The summed E-state index contributed by atoms with van der Waals surface area (Å²) in [5.41, 5.74) is 3.08. The molecule has 20 heavy (non-hydrogen) atoms. The summed E-state index contributed by atoms with van der Waals surface area (Å²) in [6.07, 6.45) is 5.58. The van der Waals surface area contributed by atoms with Crippen LogP contribution in [0.25, 0.3) is 0 Å². The van der Waals surface area contributed by atoms with Crippen LogP contribution in [0.3, 0.4) is 0 Å². The lowest BCUT2D eigenvalue weighted by molar-refractivity contribution is -0.154. The van der Waals surface area contributed by atoms with E-state index >= 15 is 0 Å². The monoisotopic (exact) mass is 284 g/mol. The van der Waals surface area contributed by atoms with Gasteiger partial charge in [-0.2, -0.15) is 0 Å². The average Bonchev–Trinajstić information content (AvgIpc) is 2.87. The molecule has 116 valence electrons. The first kappa shape index (κ1) is 14.7. The van der Waals surface area contributed by atoms with E-state index in [1.807, 2.05) is 0 Å². The summed E-state index contributed by atoms with van der Waals surface area (Å²) in [6.45, 7) is 5.62. The normalized spacial score (nSPS) is 39.0. The molecule has 3 N–H and O–H groups in total. The van der Waals surface area contributed by atoms with Crippen molar-refractivity contribution < 1.29 is 14.2 Å². The molecular formula is C15H28N2O3. The van der Waals surface area contributed by atoms with Crippen LogP contribution in [-0.2, 0) is 14.2 Å². The lowest BCUT2D eigenvalue weighted by Crippen LogP contribution is -2.55. The van der Waals surface area contributed by atoms with Crippen molar-refractivity contribution in [3.05, 3.63) is 0 Å². The van der Waals surface area contributed by atoms with E-state index in [0.717, 1.165) is 58.5 Å². The predicted octanol–water partition coefficient (Wildman–Crippen LogP) is 1.22. The standard InChI is InChI=1S/C15H28N2O3/c1-11-2-6-19-14(11)13(17-16)12-3-7-20-15(10-12)4-8-18-9-5-15/h11-14,17H,2-10,16H2,1H3. The van der Waals surface area contributed by atoms with Crippen molar-refractivity contribution in [1.29, 1.82) is 0 Å². The number of rotatable bonds is 3. The highest BCUT2D eigenvalue weighted by Crippen LogP contribution is 2.40. The zero-order valence-corrected chi connectivity index (χ0v) is 12.5. The van der Waals surface area contributed by atoms with E-state index in [1.54, 1.807) is 0 Å². The maximum atomic E-state index is 6.13. The minimum absolute atomic E-state index is 0.0259. The molecule has 3 aliphatic heterocycles. The summed E-state index contributed by atoms with van der Waals surface area (Å²) >= 11 is 0. The fourth-order valence-corrected chi connectivity index (χ4v) is 4.14. The van der Waals surface area contributed by atoms with Gasteiger partial charge in [0.2, 0.25) is 0 Å². The van der Waals surface area contributed by atoms with Gasteiger partial charge in [-0.15, -0.1) is 0 Å². The summed E-state index contributed by atoms with van der Waals surface area (Å²) < 4.78 is 17.6. The van der Waals surface area contributed by atoms with E-state index in [0.29, 0.717) is 11.8 Å². The minimum Gasteiger partial charge on any atom is -0.381 e. The van der Waals surface area contributed by atoms with Gasteiger partial charge in [-0.1, -0.05) is 6.92 Å². The zero-order chi connectivity index (χ0) is 14.0. The largest absolute Gasteiger partial charge is 0.381 e. The molecule has 4 unspecified atom stereocenters. The number of nitrogens with one attached hydrogen (secondary N) is 1. The molecule has 0 aromatic heterocycles. The van der Waals surface area contributed by atoms with E-state index in [-0.39, 0.29) is 17.7 Å². The van der Waals surface area contributed by atoms with Gasteiger partial charge >= 0.3 is 0 Å². The molecule has 1 spiro atoms. The second-order valence-electron chi connectivity index (χ2n) is 6.69. The van der Waals surface area contributed by atoms with E-state index in [4.69, 9.17) is 20.1 Å². The van der Waals surface area contributed by atoms with Gasteiger partial charge in [0.25, 0.3) is 0 Å². The maximum absolute atomic E-state index is 6.13. The maximum Gasteiger partial charge on any atom is 0.0770 e. The van der Waals surface area contributed by atoms with Crippen molar-refractivity contribution in [3.63, 3.8) is 0 Å². The molecule has 0 aliphatic carbocycles. The molecule has 3 rings (SSSR count). The number of hydrazine groups is 1. The highest BCUT2D eigenvalue weighted by Gasteiger charge is 2.44. The third-order valence-corrected chi connectivity index (χ3v) is 5.43. The van der Waals surface area contributed by atoms with Crippen molar-refractivity contribution in [2.75, 3.05) is 26.4 Å². The van der Waals surface area contributed by atoms with Crippen molar-refractivity contribution in [3.8, 4) is 0 Å². The van der Waals surface area contributed by atoms with Gasteiger partial charge in [0, 0.05) is 26.4 Å². The molecule has 5 heteroatoms. The van der Waals surface area contributed by atoms with Crippen LogP contribution in [-0.4, -0.2) is 44.2 Å². The first-order valence-electron chi connectivity index (χ1n) is 8.03. The predicted molar refractivity (Wildman–Crippen MR) is 76.1 cm³/mol.